The quantitative estimate of drug-likeness (QED) is 0.552. The second-order valence-electron chi connectivity index (χ2n) is 8.58. The second-order valence-corrected chi connectivity index (χ2v) is 8.96. The summed E-state index contributed by atoms with van der Waals surface area (Å²) in [6, 6.07) is 23.4. The molecule has 0 unspecified atom stereocenters. The van der Waals surface area contributed by atoms with Gasteiger partial charge in [-0.25, -0.2) is 0 Å². The third kappa shape index (κ3) is 3.22. The Balaban J connectivity index is 1.61. The van der Waals surface area contributed by atoms with E-state index in [2.05, 4.69) is 16.7 Å². The zero-order valence-electron chi connectivity index (χ0n) is 18.3. The topological polar surface area (TPSA) is 53.6 Å². The van der Waals surface area contributed by atoms with Crippen LogP contribution in [0.2, 0.25) is 0 Å². The molecule has 2 aliphatic heterocycles. The molecule has 6 heteroatoms. The van der Waals surface area contributed by atoms with E-state index >= 15 is 0 Å². The molecule has 0 aliphatic carbocycles. The number of carbonyl (C=O) groups is 1. The number of ether oxygens (including phenoxy) is 1. The molecular weight excluding hydrogens is 418 g/mol. The molecule has 2 aliphatic rings. The molecule has 2 heterocycles. The molecule has 5 nitrogen and oxygen atoms in total. The molecule has 1 fully saturated rings. The number of hydrogen-bond acceptors (Lipinski definition) is 3. The molecule has 2 bridgehead atoms. The first-order valence-corrected chi connectivity index (χ1v) is 11.1. The molecular formula is C26H25N3O2S. The Labute approximate surface area is 193 Å². The zero-order valence-corrected chi connectivity index (χ0v) is 19.1. The summed E-state index contributed by atoms with van der Waals surface area (Å²) in [7, 11) is 0. The summed E-state index contributed by atoms with van der Waals surface area (Å²) >= 11 is 5.77. The number of fused-ring (bicyclic) bond motifs is 4. The summed E-state index contributed by atoms with van der Waals surface area (Å²) in [6.07, 6.45) is 0. The van der Waals surface area contributed by atoms with Crippen LogP contribution in [0.4, 0.5) is 11.4 Å². The summed E-state index contributed by atoms with van der Waals surface area (Å²) in [4.78, 5) is 15.7. The van der Waals surface area contributed by atoms with Crippen LogP contribution in [0.15, 0.2) is 72.8 Å². The van der Waals surface area contributed by atoms with Crippen molar-refractivity contribution in [1.29, 1.82) is 0 Å². The average Bonchev–Trinajstić information content (AvgIpc) is 2.75. The predicted molar refractivity (Wildman–Crippen MR) is 131 cm³/mol. The Morgan fingerprint density at radius 2 is 1.78 bits per heavy atom. The van der Waals surface area contributed by atoms with Crippen molar-refractivity contribution < 1.29 is 9.53 Å². The Bertz CT molecular complexity index is 1210. The van der Waals surface area contributed by atoms with Gasteiger partial charge < -0.3 is 15.4 Å². The third-order valence-electron chi connectivity index (χ3n) is 6.34. The highest BCUT2D eigenvalue weighted by molar-refractivity contribution is 7.80. The van der Waals surface area contributed by atoms with Crippen LogP contribution in [0.25, 0.3) is 0 Å². The summed E-state index contributed by atoms with van der Waals surface area (Å²) in [5.74, 6) is 0.0893. The first-order chi connectivity index (χ1) is 15.4. The van der Waals surface area contributed by atoms with Gasteiger partial charge >= 0.3 is 0 Å². The number of aryl methyl sites for hydroxylation is 2. The van der Waals surface area contributed by atoms with E-state index in [-0.39, 0.29) is 11.9 Å². The summed E-state index contributed by atoms with van der Waals surface area (Å²) in [5, 5.41) is 7.12. The lowest BCUT2D eigenvalue weighted by atomic mass is 9.78. The van der Waals surface area contributed by atoms with Crippen molar-refractivity contribution in [3.63, 3.8) is 0 Å². The molecule has 2 N–H and O–H groups in total. The van der Waals surface area contributed by atoms with Gasteiger partial charge in [0.1, 0.15) is 11.7 Å². The van der Waals surface area contributed by atoms with Gasteiger partial charge in [-0.15, -0.1) is 0 Å². The molecule has 0 aromatic heterocycles. The number of carbonyl (C=O) groups excluding carboxylic acids is 1. The second kappa shape index (κ2) is 7.64. The van der Waals surface area contributed by atoms with E-state index in [0.29, 0.717) is 5.11 Å². The molecule has 0 saturated carbocycles. The van der Waals surface area contributed by atoms with Gasteiger partial charge in [-0.05, 0) is 62.8 Å². The van der Waals surface area contributed by atoms with Crippen LogP contribution in [-0.4, -0.2) is 16.7 Å². The van der Waals surface area contributed by atoms with Crippen LogP contribution in [0.1, 0.15) is 29.7 Å². The monoisotopic (exact) mass is 443 g/mol. The lowest BCUT2D eigenvalue weighted by Crippen LogP contribution is -2.72. The van der Waals surface area contributed by atoms with Crippen molar-refractivity contribution in [3.8, 4) is 5.75 Å². The molecule has 5 rings (SSSR count). The van der Waals surface area contributed by atoms with Crippen LogP contribution in [0.5, 0.6) is 5.75 Å². The van der Waals surface area contributed by atoms with Crippen molar-refractivity contribution in [1.82, 2.24) is 5.32 Å². The molecule has 1 amide bonds. The predicted octanol–water partition coefficient (Wildman–Crippen LogP) is 5.10. The Kier molecular flexibility index (Phi) is 4.90. The van der Waals surface area contributed by atoms with Crippen LogP contribution < -0.4 is 20.3 Å². The van der Waals surface area contributed by atoms with Crippen molar-refractivity contribution in [2.24, 2.45) is 5.92 Å². The number of benzene rings is 3. The van der Waals surface area contributed by atoms with Gasteiger partial charge in [0.25, 0.3) is 0 Å². The van der Waals surface area contributed by atoms with E-state index in [1.807, 2.05) is 92.4 Å². The van der Waals surface area contributed by atoms with Crippen molar-refractivity contribution in [2.75, 3.05) is 10.2 Å². The molecule has 32 heavy (non-hydrogen) atoms. The first-order valence-electron chi connectivity index (χ1n) is 10.7. The number of nitrogens with one attached hydrogen (secondary N) is 2. The first kappa shape index (κ1) is 20.5. The van der Waals surface area contributed by atoms with Gasteiger partial charge in [-0.1, -0.05) is 54.1 Å². The van der Waals surface area contributed by atoms with Gasteiger partial charge in [0.15, 0.2) is 10.8 Å². The van der Waals surface area contributed by atoms with Crippen LogP contribution in [0.3, 0.4) is 0 Å². The van der Waals surface area contributed by atoms with E-state index < -0.39 is 11.6 Å². The highest BCUT2D eigenvalue weighted by atomic mass is 32.1. The Morgan fingerprint density at radius 3 is 2.53 bits per heavy atom. The van der Waals surface area contributed by atoms with E-state index in [9.17, 15) is 4.79 Å². The highest BCUT2D eigenvalue weighted by Gasteiger charge is 2.59. The van der Waals surface area contributed by atoms with E-state index in [1.54, 1.807) is 0 Å². The van der Waals surface area contributed by atoms with E-state index in [0.717, 1.165) is 33.8 Å². The molecule has 3 atom stereocenters. The summed E-state index contributed by atoms with van der Waals surface area (Å²) in [6.45, 7) is 5.99. The van der Waals surface area contributed by atoms with Gasteiger partial charge in [0.05, 0.1) is 6.04 Å². The van der Waals surface area contributed by atoms with Crippen LogP contribution in [-0.2, 0) is 4.79 Å². The maximum absolute atomic E-state index is 13.8. The molecule has 3 aromatic rings. The number of nitrogens with zero attached hydrogens (tertiary/aromatic N) is 1. The summed E-state index contributed by atoms with van der Waals surface area (Å²) in [5.41, 5.74) is 3.77. The maximum Gasteiger partial charge on any atom is 0.236 e. The SMILES string of the molecule is Cc1ccc(NC(=O)[C@@H]2[C@@H]3NC(=S)N(c4ccccc4)[C@@]2(C)Oc2ccccc23)c(C)c1. The standard InChI is InChI=1S/C26H25N3O2S/c1-16-13-14-20(17(2)15-16)27-24(30)22-23-19-11-7-8-12-21(19)31-26(22,3)29(25(32)28-23)18-9-5-4-6-10-18/h4-15,22-23H,1-3H3,(H,27,30)(H,28,32)/t22-,23+,26-/m0/s1. The lowest BCUT2D eigenvalue weighted by molar-refractivity contribution is -0.130. The normalized spacial score (nSPS) is 23.6. The van der Waals surface area contributed by atoms with Crippen LogP contribution in [0, 0.1) is 19.8 Å². The molecule has 0 spiro atoms. The van der Waals surface area contributed by atoms with Gasteiger partial charge in [0.2, 0.25) is 5.91 Å². The fourth-order valence-corrected chi connectivity index (χ4v) is 5.27. The molecule has 162 valence electrons. The smallest absolute Gasteiger partial charge is 0.236 e. The molecule has 3 aromatic carbocycles. The van der Waals surface area contributed by atoms with E-state index in [1.165, 1.54) is 0 Å². The Hall–Kier alpha value is -3.38. The zero-order chi connectivity index (χ0) is 22.5. The van der Waals surface area contributed by atoms with Crippen LogP contribution >= 0.6 is 12.2 Å². The van der Waals surface area contributed by atoms with E-state index in [4.69, 9.17) is 17.0 Å². The number of amides is 1. The number of hydrogen-bond donors (Lipinski definition) is 2. The number of rotatable bonds is 3. The number of para-hydroxylation sites is 2. The molecule has 0 radical (unpaired) electrons. The highest BCUT2D eigenvalue weighted by Crippen LogP contribution is 2.49. The largest absolute Gasteiger partial charge is 0.467 e. The minimum atomic E-state index is -1.01. The van der Waals surface area contributed by atoms with Gasteiger partial charge in [-0.2, -0.15) is 0 Å². The fraction of sp³-hybridized carbons (Fsp3) is 0.231. The average molecular weight is 444 g/mol. The number of thiocarbonyl (C=S) groups is 1. The van der Waals surface area contributed by atoms with Crippen molar-refractivity contribution in [2.45, 2.75) is 32.5 Å². The van der Waals surface area contributed by atoms with Gasteiger partial charge in [0, 0.05) is 16.9 Å². The minimum Gasteiger partial charge on any atom is -0.467 e. The number of anilines is 2. The maximum atomic E-state index is 13.8. The Morgan fingerprint density at radius 1 is 1.06 bits per heavy atom. The fourth-order valence-electron chi connectivity index (χ4n) is 4.86. The third-order valence-corrected chi connectivity index (χ3v) is 6.64. The van der Waals surface area contributed by atoms with Crippen molar-refractivity contribution >= 4 is 34.6 Å². The molecule has 1 saturated heterocycles. The van der Waals surface area contributed by atoms with Crippen molar-refractivity contribution in [3.05, 3.63) is 89.5 Å². The van der Waals surface area contributed by atoms with Gasteiger partial charge in [-0.3, -0.25) is 9.69 Å². The lowest BCUT2D eigenvalue weighted by Gasteiger charge is -2.56. The summed E-state index contributed by atoms with van der Waals surface area (Å²) < 4.78 is 6.59. The minimum absolute atomic E-state index is 0.116.